The van der Waals surface area contributed by atoms with Crippen molar-refractivity contribution in [1.29, 1.82) is 0 Å². The van der Waals surface area contributed by atoms with Gasteiger partial charge in [0.25, 0.3) is 0 Å². The minimum Gasteiger partial charge on any atom is -0.388 e. The van der Waals surface area contributed by atoms with Crippen LogP contribution in [0.3, 0.4) is 0 Å². The summed E-state index contributed by atoms with van der Waals surface area (Å²) in [4.78, 5) is 0. The standard InChI is InChI=1S/C20H39N3O10/c1-7-4-8(22)16(33-19-12(26)11(25)10(24)9(5-21)31-19)13(27)15(7)32-18-14(28)17(23-3)20(2,29)6-30-18/h7-19,23-29H,4-6,21-22H2,1-3H3/t7-,8+,9-,10-,11+,12-,13-,14-,15+,16?,17-,18-,19-,20+/m1/s1. The van der Waals surface area contributed by atoms with Gasteiger partial charge in [-0.3, -0.25) is 0 Å². The lowest BCUT2D eigenvalue weighted by Crippen LogP contribution is -2.67. The zero-order chi connectivity index (χ0) is 24.7. The first kappa shape index (κ1) is 27.1. The maximum atomic E-state index is 11.1. The number of hydrogen-bond acceptors (Lipinski definition) is 13. The second-order valence-corrected chi connectivity index (χ2v) is 9.61. The van der Waals surface area contributed by atoms with Crippen LogP contribution in [0.2, 0.25) is 0 Å². The number of aliphatic hydroxyl groups excluding tert-OH is 5. The first-order valence-corrected chi connectivity index (χ1v) is 11.3. The normalized spacial score (nSPS) is 53.7. The summed E-state index contributed by atoms with van der Waals surface area (Å²) >= 11 is 0. The molecule has 3 fully saturated rings. The van der Waals surface area contributed by atoms with Crippen LogP contribution in [-0.4, -0.2) is 130 Å². The van der Waals surface area contributed by atoms with Gasteiger partial charge in [0.05, 0.1) is 18.8 Å². The Morgan fingerprint density at radius 1 is 0.970 bits per heavy atom. The Labute approximate surface area is 192 Å². The third-order valence-electron chi connectivity index (χ3n) is 6.92. The molecule has 1 saturated carbocycles. The Kier molecular flexibility index (Phi) is 8.71. The van der Waals surface area contributed by atoms with Crippen LogP contribution in [0.4, 0.5) is 0 Å². The molecule has 13 heteroatoms. The van der Waals surface area contributed by atoms with Gasteiger partial charge in [-0.2, -0.15) is 0 Å². The van der Waals surface area contributed by atoms with Gasteiger partial charge in [0, 0.05) is 12.6 Å². The summed E-state index contributed by atoms with van der Waals surface area (Å²) in [6, 6.07) is -1.39. The Morgan fingerprint density at radius 3 is 2.21 bits per heavy atom. The van der Waals surface area contributed by atoms with Gasteiger partial charge in [0.15, 0.2) is 12.6 Å². The van der Waals surface area contributed by atoms with Crippen molar-refractivity contribution in [2.75, 3.05) is 20.2 Å². The number of aliphatic hydroxyl groups is 6. The van der Waals surface area contributed by atoms with Gasteiger partial charge >= 0.3 is 0 Å². The molecule has 3 rings (SSSR count). The van der Waals surface area contributed by atoms with E-state index in [2.05, 4.69) is 5.32 Å². The molecule has 33 heavy (non-hydrogen) atoms. The monoisotopic (exact) mass is 481 g/mol. The van der Waals surface area contributed by atoms with Crippen molar-refractivity contribution in [1.82, 2.24) is 5.32 Å². The van der Waals surface area contributed by atoms with Crippen LogP contribution in [0.15, 0.2) is 0 Å². The minimum atomic E-state index is -1.59. The fourth-order valence-electron chi connectivity index (χ4n) is 4.97. The third kappa shape index (κ3) is 5.35. The Bertz CT molecular complexity index is 643. The molecule has 0 aromatic heterocycles. The summed E-state index contributed by atoms with van der Waals surface area (Å²) < 4.78 is 22.8. The number of likely N-dealkylation sites (N-methyl/N-ethyl adjacent to an activating group) is 1. The molecule has 0 amide bonds. The van der Waals surface area contributed by atoms with Gasteiger partial charge in [-0.1, -0.05) is 6.92 Å². The average Bonchev–Trinajstić information content (AvgIpc) is 2.75. The summed E-state index contributed by atoms with van der Waals surface area (Å²) in [5.74, 6) is -0.248. The fraction of sp³-hybridized carbons (Fsp3) is 1.00. The van der Waals surface area contributed by atoms with E-state index < -0.39 is 79.1 Å². The highest BCUT2D eigenvalue weighted by atomic mass is 16.7. The van der Waals surface area contributed by atoms with Crippen molar-refractivity contribution in [3.8, 4) is 0 Å². The van der Waals surface area contributed by atoms with Gasteiger partial charge in [-0.25, -0.2) is 0 Å². The summed E-state index contributed by atoms with van der Waals surface area (Å²) in [5.41, 5.74) is 10.5. The van der Waals surface area contributed by atoms with Crippen molar-refractivity contribution >= 4 is 0 Å². The topological polar surface area (TPSA) is 222 Å². The van der Waals surface area contributed by atoms with Gasteiger partial charge in [0.2, 0.25) is 0 Å². The van der Waals surface area contributed by atoms with Crippen LogP contribution in [0.25, 0.3) is 0 Å². The predicted molar refractivity (Wildman–Crippen MR) is 112 cm³/mol. The van der Waals surface area contributed by atoms with Crippen molar-refractivity contribution in [2.24, 2.45) is 17.4 Å². The lowest BCUT2D eigenvalue weighted by molar-refractivity contribution is -0.332. The molecule has 14 atom stereocenters. The van der Waals surface area contributed by atoms with Gasteiger partial charge < -0.3 is 66.4 Å². The molecule has 0 aromatic rings. The lowest BCUT2D eigenvalue weighted by atomic mass is 9.80. The Morgan fingerprint density at radius 2 is 1.61 bits per heavy atom. The largest absolute Gasteiger partial charge is 0.388 e. The van der Waals surface area contributed by atoms with E-state index in [0.717, 1.165) is 0 Å². The van der Waals surface area contributed by atoms with Crippen molar-refractivity contribution in [3.05, 3.63) is 0 Å². The molecule has 0 aromatic carbocycles. The van der Waals surface area contributed by atoms with Crippen molar-refractivity contribution in [3.63, 3.8) is 0 Å². The van der Waals surface area contributed by atoms with Crippen LogP contribution >= 0.6 is 0 Å². The van der Waals surface area contributed by atoms with Gasteiger partial charge in [0.1, 0.15) is 48.3 Å². The van der Waals surface area contributed by atoms with E-state index in [9.17, 15) is 30.6 Å². The first-order chi connectivity index (χ1) is 15.4. The zero-order valence-corrected chi connectivity index (χ0v) is 19.1. The molecule has 2 aliphatic heterocycles. The van der Waals surface area contributed by atoms with E-state index in [1.165, 1.54) is 6.92 Å². The number of nitrogens with two attached hydrogens (primary N) is 2. The van der Waals surface area contributed by atoms with Crippen LogP contribution in [0, 0.1) is 5.92 Å². The van der Waals surface area contributed by atoms with Crippen molar-refractivity contribution in [2.45, 2.75) is 99.4 Å². The van der Waals surface area contributed by atoms with E-state index in [4.69, 9.17) is 30.4 Å². The third-order valence-corrected chi connectivity index (χ3v) is 6.92. The highest BCUT2D eigenvalue weighted by Gasteiger charge is 2.51. The zero-order valence-electron chi connectivity index (χ0n) is 19.1. The molecule has 11 N–H and O–H groups in total. The quantitative estimate of drug-likeness (QED) is 0.174. The second kappa shape index (κ2) is 10.6. The van der Waals surface area contributed by atoms with Gasteiger partial charge in [-0.15, -0.1) is 0 Å². The molecular formula is C20H39N3O10. The summed E-state index contributed by atoms with van der Waals surface area (Å²) in [7, 11) is 1.60. The molecule has 0 spiro atoms. The van der Waals surface area contributed by atoms with Gasteiger partial charge in [-0.05, 0) is 26.3 Å². The maximum Gasteiger partial charge on any atom is 0.187 e. The van der Waals surface area contributed by atoms with Crippen LogP contribution in [0.5, 0.6) is 0 Å². The fourth-order valence-corrected chi connectivity index (χ4v) is 4.97. The number of ether oxygens (including phenoxy) is 4. The SMILES string of the molecule is CN[C@@H]1[C@@H](O)[C@@H](O[C@H]2[C@H](C)C[C@H](N)C(O[C@H]3O[C@H](CN)[C@@H](O)[C@H](O)[C@H]3O)[C@@H]2O)OC[C@]1(C)O. The van der Waals surface area contributed by atoms with Crippen LogP contribution in [0.1, 0.15) is 20.3 Å². The van der Waals surface area contributed by atoms with Crippen LogP contribution < -0.4 is 16.8 Å². The van der Waals surface area contributed by atoms with E-state index >= 15 is 0 Å². The molecular weight excluding hydrogens is 442 g/mol. The van der Waals surface area contributed by atoms with Crippen LogP contribution in [-0.2, 0) is 18.9 Å². The molecule has 13 nitrogen and oxygen atoms in total. The number of rotatable bonds is 6. The summed E-state index contributed by atoms with van der Waals surface area (Å²) in [6.45, 7) is 3.13. The second-order valence-electron chi connectivity index (χ2n) is 9.61. The summed E-state index contributed by atoms with van der Waals surface area (Å²) in [6.07, 6.45) is -12.1. The Hall–Kier alpha value is -0.520. The van der Waals surface area contributed by atoms with Crippen molar-refractivity contribution < 1.29 is 49.6 Å². The average molecular weight is 482 g/mol. The molecule has 0 radical (unpaired) electrons. The van der Waals surface area contributed by atoms with E-state index in [0.29, 0.717) is 6.42 Å². The highest BCUT2D eigenvalue weighted by Crippen LogP contribution is 2.34. The minimum absolute atomic E-state index is 0.0975. The number of hydrogen-bond donors (Lipinski definition) is 9. The molecule has 2 heterocycles. The van der Waals surface area contributed by atoms with E-state index in [1.54, 1.807) is 7.05 Å². The Balaban J connectivity index is 1.71. The maximum absolute atomic E-state index is 11.1. The molecule has 1 aliphatic carbocycles. The summed E-state index contributed by atoms with van der Waals surface area (Å²) in [5, 5.41) is 65.4. The predicted octanol–water partition coefficient (Wildman–Crippen LogP) is -4.69. The smallest absolute Gasteiger partial charge is 0.187 e. The lowest BCUT2D eigenvalue weighted by Gasteiger charge is -2.49. The van der Waals surface area contributed by atoms with E-state index in [-0.39, 0.29) is 19.1 Å². The number of nitrogens with one attached hydrogen (secondary N) is 1. The molecule has 194 valence electrons. The molecule has 2 saturated heterocycles. The molecule has 1 unspecified atom stereocenters. The highest BCUT2D eigenvalue weighted by molar-refractivity contribution is 5.00. The molecule has 0 bridgehead atoms. The first-order valence-electron chi connectivity index (χ1n) is 11.3. The van der Waals surface area contributed by atoms with E-state index in [1.807, 2.05) is 6.92 Å². The molecule has 3 aliphatic rings.